The number of rotatable bonds is 4. The Kier molecular flexibility index (Phi) is 5.41. The number of aromatic nitrogens is 1. The van der Waals surface area contributed by atoms with Gasteiger partial charge in [0.1, 0.15) is 0 Å². The second-order valence-corrected chi connectivity index (χ2v) is 7.77. The third kappa shape index (κ3) is 3.73. The van der Waals surface area contributed by atoms with Crippen LogP contribution in [-0.2, 0) is 0 Å². The number of nitrogens with one attached hydrogen (secondary N) is 1. The predicted octanol–water partition coefficient (Wildman–Crippen LogP) is 3.09. The molecule has 1 atom stereocenters. The van der Waals surface area contributed by atoms with Gasteiger partial charge in [-0.25, -0.2) is 0 Å². The molecule has 4 nitrogen and oxygen atoms in total. The fourth-order valence-corrected chi connectivity index (χ4v) is 4.48. The summed E-state index contributed by atoms with van der Waals surface area (Å²) >= 11 is 1.94. The van der Waals surface area contributed by atoms with E-state index in [2.05, 4.69) is 10.3 Å². The number of thioether (sulfide) groups is 1. The summed E-state index contributed by atoms with van der Waals surface area (Å²) in [5.74, 6) is 2.45. The lowest BCUT2D eigenvalue weighted by Gasteiger charge is -2.29. The number of nitrogens with zero attached hydrogens (tertiary/aromatic N) is 1. The van der Waals surface area contributed by atoms with Crippen molar-refractivity contribution in [3.8, 4) is 0 Å². The fraction of sp³-hybridized carbons (Fsp3) is 0.474. The van der Waals surface area contributed by atoms with E-state index in [1.807, 2.05) is 49.9 Å². The number of aryl methyl sites for hydroxylation is 2. The maximum Gasteiger partial charge on any atom is 0.252 e. The first-order valence-corrected chi connectivity index (χ1v) is 9.61. The summed E-state index contributed by atoms with van der Waals surface area (Å²) in [4.78, 5) is 17.4. The highest BCUT2D eigenvalue weighted by Crippen LogP contribution is 2.26. The maximum absolute atomic E-state index is 12.9. The molecule has 2 heterocycles. The monoisotopic (exact) mass is 344 g/mol. The molecule has 1 aromatic carbocycles. The first kappa shape index (κ1) is 17.2. The molecule has 1 fully saturated rings. The number of carbonyl (C=O) groups excluding carboxylic acids is 1. The molecule has 1 saturated heterocycles. The van der Waals surface area contributed by atoms with Gasteiger partial charge in [0.25, 0.3) is 5.91 Å². The van der Waals surface area contributed by atoms with Crippen LogP contribution in [0, 0.1) is 19.8 Å². The van der Waals surface area contributed by atoms with Crippen molar-refractivity contribution in [1.29, 1.82) is 0 Å². The number of hydrogen-bond acceptors (Lipinski definition) is 4. The predicted molar refractivity (Wildman–Crippen MR) is 99.6 cm³/mol. The van der Waals surface area contributed by atoms with E-state index >= 15 is 0 Å². The summed E-state index contributed by atoms with van der Waals surface area (Å²) in [6, 6.07) is 7.62. The fourth-order valence-electron chi connectivity index (χ4n) is 3.34. The van der Waals surface area contributed by atoms with Crippen LogP contribution < -0.4 is 5.32 Å². The van der Waals surface area contributed by atoms with Gasteiger partial charge in [0.15, 0.2) is 0 Å². The van der Waals surface area contributed by atoms with E-state index in [1.54, 1.807) is 0 Å². The zero-order valence-corrected chi connectivity index (χ0v) is 15.0. The minimum atomic E-state index is -0.174. The van der Waals surface area contributed by atoms with E-state index in [9.17, 15) is 9.90 Å². The van der Waals surface area contributed by atoms with E-state index < -0.39 is 0 Å². The molecule has 1 amide bonds. The molecule has 1 aliphatic heterocycles. The first-order chi connectivity index (χ1) is 11.6. The highest BCUT2D eigenvalue weighted by atomic mass is 32.2. The molecule has 0 aliphatic carbocycles. The number of fused-ring (bicyclic) bond motifs is 1. The molecular weight excluding hydrogens is 320 g/mol. The third-order valence-electron chi connectivity index (χ3n) is 4.69. The second kappa shape index (κ2) is 7.53. The number of pyridine rings is 1. The van der Waals surface area contributed by atoms with Gasteiger partial charge < -0.3 is 10.4 Å². The topological polar surface area (TPSA) is 62.2 Å². The summed E-state index contributed by atoms with van der Waals surface area (Å²) in [5, 5.41) is 13.7. The van der Waals surface area contributed by atoms with Gasteiger partial charge in [0.2, 0.25) is 0 Å². The Morgan fingerprint density at radius 1 is 1.33 bits per heavy atom. The molecule has 0 spiro atoms. The van der Waals surface area contributed by atoms with Crippen molar-refractivity contribution in [1.82, 2.24) is 10.3 Å². The normalized spacial score (nSPS) is 17.0. The van der Waals surface area contributed by atoms with Crippen LogP contribution in [0.3, 0.4) is 0 Å². The number of hydrogen-bond donors (Lipinski definition) is 2. The van der Waals surface area contributed by atoms with E-state index in [0.717, 1.165) is 46.5 Å². The van der Waals surface area contributed by atoms with E-state index in [-0.39, 0.29) is 18.6 Å². The van der Waals surface area contributed by atoms with E-state index in [0.29, 0.717) is 11.5 Å². The SMILES string of the molecule is Cc1ccc2nc(C)cc(C(=O)NC(CO)C3CCSCC3)c2c1. The van der Waals surface area contributed by atoms with Crippen LogP contribution in [0.15, 0.2) is 24.3 Å². The Hall–Kier alpha value is -1.59. The number of amides is 1. The molecule has 1 unspecified atom stereocenters. The Bertz CT molecular complexity index is 741. The summed E-state index contributed by atoms with van der Waals surface area (Å²) < 4.78 is 0. The van der Waals surface area contributed by atoms with Gasteiger partial charge in [0.05, 0.1) is 23.7 Å². The van der Waals surface area contributed by atoms with Crippen LogP contribution >= 0.6 is 11.8 Å². The highest BCUT2D eigenvalue weighted by molar-refractivity contribution is 7.99. The molecule has 1 aliphatic rings. The molecule has 3 rings (SSSR count). The maximum atomic E-state index is 12.9. The molecule has 0 saturated carbocycles. The van der Waals surface area contributed by atoms with Gasteiger partial charge in [-0.2, -0.15) is 11.8 Å². The van der Waals surface area contributed by atoms with Crippen LogP contribution in [-0.4, -0.2) is 40.2 Å². The third-order valence-corrected chi connectivity index (χ3v) is 5.73. The van der Waals surface area contributed by atoms with Crippen molar-refractivity contribution in [3.63, 3.8) is 0 Å². The molecule has 0 radical (unpaired) electrons. The lowest BCUT2D eigenvalue weighted by molar-refractivity contribution is 0.0886. The summed E-state index contributed by atoms with van der Waals surface area (Å²) in [5.41, 5.74) is 3.40. The lowest BCUT2D eigenvalue weighted by Crippen LogP contribution is -2.44. The molecule has 2 aromatic rings. The van der Waals surface area contributed by atoms with Crippen molar-refractivity contribution in [2.24, 2.45) is 5.92 Å². The van der Waals surface area contributed by atoms with Crippen LogP contribution in [0.5, 0.6) is 0 Å². The Morgan fingerprint density at radius 3 is 2.79 bits per heavy atom. The summed E-state index contributed by atoms with van der Waals surface area (Å²) in [6.45, 7) is 3.90. The summed E-state index contributed by atoms with van der Waals surface area (Å²) in [6.07, 6.45) is 2.09. The van der Waals surface area contributed by atoms with Crippen molar-refractivity contribution >= 4 is 28.6 Å². The van der Waals surface area contributed by atoms with Gasteiger partial charge in [0, 0.05) is 11.1 Å². The Morgan fingerprint density at radius 2 is 2.08 bits per heavy atom. The number of benzene rings is 1. The van der Waals surface area contributed by atoms with Crippen molar-refractivity contribution < 1.29 is 9.90 Å². The van der Waals surface area contributed by atoms with Crippen LogP contribution in [0.2, 0.25) is 0 Å². The Labute approximate surface area is 147 Å². The standard InChI is InChI=1S/C19H24N2O2S/c1-12-3-4-17-15(9-12)16(10-13(2)20-17)19(23)21-18(11-22)14-5-7-24-8-6-14/h3-4,9-10,14,18,22H,5-8,11H2,1-2H3,(H,21,23). The molecule has 1 aromatic heterocycles. The minimum Gasteiger partial charge on any atom is -0.394 e. The molecule has 2 N–H and O–H groups in total. The molecule has 5 heteroatoms. The smallest absolute Gasteiger partial charge is 0.252 e. The second-order valence-electron chi connectivity index (χ2n) is 6.54. The largest absolute Gasteiger partial charge is 0.394 e. The zero-order chi connectivity index (χ0) is 17.1. The minimum absolute atomic E-state index is 0.0118. The molecule has 128 valence electrons. The van der Waals surface area contributed by atoms with Crippen molar-refractivity contribution in [2.45, 2.75) is 32.7 Å². The van der Waals surface area contributed by atoms with Crippen molar-refractivity contribution in [3.05, 3.63) is 41.1 Å². The number of carbonyl (C=O) groups is 1. The van der Waals surface area contributed by atoms with Crippen LogP contribution in [0.4, 0.5) is 0 Å². The van der Waals surface area contributed by atoms with Gasteiger partial charge in [-0.1, -0.05) is 11.6 Å². The lowest BCUT2D eigenvalue weighted by atomic mass is 9.93. The average Bonchev–Trinajstić information content (AvgIpc) is 2.60. The van der Waals surface area contributed by atoms with Gasteiger partial charge in [-0.05, 0) is 62.3 Å². The molecule has 0 bridgehead atoms. The van der Waals surface area contributed by atoms with Crippen molar-refractivity contribution in [2.75, 3.05) is 18.1 Å². The van der Waals surface area contributed by atoms with Gasteiger partial charge >= 0.3 is 0 Å². The average molecular weight is 344 g/mol. The van der Waals surface area contributed by atoms with Crippen LogP contribution in [0.25, 0.3) is 10.9 Å². The summed E-state index contributed by atoms with van der Waals surface area (Å²) in [7, 11) is 0. The molecular formula is C19H24N2O2S. The Balaban J connectivity index is 1.88. The van der Waals surface area contributed by atoms with Gasteiger partial charge in [-0.3, -0.25) is 9.78 Å². The number of aliphatic hydroxyl groups is 1. The zero-order valence-electron chi connectivity index (χ0n) is 14.2. The van der Waals surface area contributed by atoms with Crippen LogP contribution in [0.1, 0.15) is 34.5 Å². The highest BCUT2D eigenvalue weighted by Gasteiger charge is 2.25. The number of aliphatic hydroxyl groups excluding tert-OH is 1. The molecule has 24 heavy (non-hydrogen) atoms. The quantitative estimate of drug-likeness (QED) is 0.895. The van der Waals surface area contributed by atoms with E-state index in [4.69, 9.17) is 0 Å². The first-order valence-electron chi connectivity index (χ1n) is 8.46. The van der Waals surface area contributed by atoms with Gasteiger partial charge in [-0.15, -0.1) is 0 Å². The van der Waals surface area contributed by atoms with E-state index in [1.165, 1.54) is 0 Å².